The smallest absolute Gasteiger partial charge is 0.240 e. The first-order valence-electron chi connectivity index (χ1n) is 8.47. The third-order valence-corrected chi connectivity index (χ3v) is 4.48. The molecule has 0 atom stereocenters. The van der Waals surface area contributed by atoms with Crippen LogP contribution < -0.4 is 16.0 Å². The lowest BCUT2D eigenvalue weighted by Crippen LogP contribution is -2.35. The molecule has 6 heteroatoms. The number of carbonyl (C=O) groups excluding carboxylic acids is 3. The summed E-state index contributed by atoms with van der Waals surface area (Å²) >= 11 is 0. The van der Waals surface area contributed by atoms with Gasteiger partial charge in [0.1, 0.15) is 5.41 Å². The quantitative estimate of drug-likeness (QED) is 0.722. The van der Waals surface area contributed by atoms with Crippen LogP contribution in [0.2, 0.25) is 0 Å². The lowest BCUT2D eigenvalue weighted by Gasteiger charge is -2.16. The van der Waals surface area contributed by atoms with E-state index in [1.54, 1.807) is 24.3 Å². The summed E-state index contributed by atoms with van der Waals surface area (Å²) < 4.78 is 0. The molecule has 0 spiro atoms. The fourth-order valence-electron chi connectivity index (χ4n) is 2.73. The topological polar surface area (TPSA) is 87.3 Å². The zero-order valence-corrected chi connectivity index (χ0v) is 14.8. The molecular weight excluding hydrogens is 330 g/mol. The van der Waals surface area contributed by atoms with E-state index in [2.05, 4.69) is 16.0 Å². The summed E-state index contributed by atoms with van der Waals surface area (Å²) in [5, 5.41) is 8.32. The van der Waals surface area contributed by atoms with Gasteiger partial charge in [-0.25, -0.2) is 0 Å². The number of nitrogens with one attached hydrogen (secondary N) is 3. The molecule has 0 bridgehead atoms. The third-order valence-electron chi connectivity index (χ3n) is 4.48. The Bertz CT molecular complexity index is 855. The van der Waals surface area contributed by atoms with Crippen molar-refractivity contribution in [1.29, 1.82) is 0 Å². The van der Waals surface area contributed by atoms with Crippen LogP contribution in [0.3, 0.4) is 0 Å². The van der Waals surface area contributed by atoms with Crippen molar-refractivity contribution in [3.8, 4) is 0 Å². The van der Waals surface area contributed by atoms with Crippen LogP contribution in [0.1, 0.15) is 25.3 Å². The van der Waals surface area contributed by atoms with Crippen molar-refractivity contribution in [3.05, 3.63) is 54.1 Å². The van der Waals surface area contributed by atoms with Crippen LogP contribution in [-0.2, 0) is 14.4 Å². The zero-order chi connectivity index (χ0) is 18.7. The first-order chi connectivity index (χ1) is 12.4. The molecule has 6 nitrogen and oxygen atoms in total. The molecule has 1 saturated carbocycles. The van der Waals surface area contributed by atoms with Crippen LogP contribution in [0.5, 0.6) is 0 Å². The van der Waals surface area contributed by atoms with Gasteiger partial charge in [-0.3, -0.25) is 14.4 Å². The third kappa shape index (κ3) is 3.74. The molecule has 1 aliphatic carbocycles. The first-order valence-corrected chi connectivity index (χ1v) is 8.47. The number of amides is 3. The van der Waals surface area contributed by atoms with Crippen molar-refractivity contribution in [2.45, 2.75) is 26.7 Å². The summed E-state index contributed by atoms with van der Waals surface area (Å²) in [5.74, 6) is -0.748. The van der Waals surface area contributed by atoms with Gasteiger partial charge in [0.15, 0.2) is 0 Å². The maximum atomic E-state index is 12.6. The number of anilines is 3. The molecule has 3 rings (SSSR count). The largest absolute Gasteiger partial charge is 0.326 e. The van der Waals surface area contributed by atoms with Crippen molar-refractivity contribution < 1.29 is 14.4 Å². The predicted molar refractivity (Wildman–Crippen MR) is 101 cm³/mol. The number of para-hydroxylation sites is 1. The van der Waals surface area contributed by atoms with E-state index in [0.29, 0.717) is 24.2 Å². The molecule has 3 N–H and O–H groups in total. The second-order valence-corrected chi connectivity index (χ2v) is 6.56. The summed E-state index contributed by atoms with van der Waals surface area (Å²) in [6.45, 7) is 3.34. The van der Waals surface area contributed by atoms with Gasteiger partial charge in [0.25, 0.3) is 0 Å². The Labute approximate surface area is 152 Å². The van der Waals surface area contributed by atoms with E-state index in [9.17, 15) is 14.4 Å². The molecule has 0 heterocycles. The van der Waals surface area contributed by atoms with Gasteiger partial charge < -0.3 is 16.0 Å². The molecule has 0 aromatic heterocycles. The maximum absolute atomic E-state index is 12.6. The minimum atomic E-state index is -1.02. The van der Waals surface area contributed by atoms with Crippen molar-refractivity contribution in [2.24, 2.45) is 5.41 Å². The highest BCUT2D eigenvalue weighted by molar-refractivity contribution is 6.17. The minimum absolute atomic E-state index is 0.161. The molecule has 0 radical (unpaired) electrons. The highest BCUT2D eigenvalue weighted by Gasteiger charge is 2.56. The maximum Gasteiger partial charge on any atom is 0.240 e. The molecule has 1 fully saturated rings. The van der Waals surface area contributed by atoms with Gasteiger partial charge in [-0.15, -0.1) is 0 Å². The molecule has 2 aromatic carbocycles. The lowest BCUT2D eigenvalue weighted by molar-refractivity contribution is -0.131. The number of aryl methyl sites for hydroxylation is 1. The predicted octanol–water partition coefficient (Wildman–Crippen LogP) is 3.31. The van der Waals surface area contributed by atoms with Crippen molar-refractivity contribution in [3.63, 3.8) is 0 Å². The monoisotopic (exact) mass is 351 g/mol. The summed E-state index contributed by atoms with van der Waals surface area (Å²) in [4.78, 5) is 36.3. The van der Waals surface area contributed by atoms with Gasteiger partial charge in [-0.2, -0.15) is 0 Å². The van der Waals surface area contributed by atoms with Crippen LogP contribution in [0, 0.1) is 12.3 Å². The van der Waals surface area contributed by atoms with Crippen LogP contribution in [0.4, 0.5) is 17.1 Å². The summed E-state index contributed by atoms with van der Waals surface area (Å²) in [7, 11) is 0. The van der Waals surface area contributed by atoms with Gasteiger partial charge in [-0.05, 0) is 55.7 Å². The molecule has 3 amide bonds. The Morgan fingerprint density at radius 2 is 1.35 bits per heavy atom. The van der Waals surface area contributed by atoms with E-state index in [-0.39, 0.29) is 17.7 Å². The summed E-state index contributed by atoms with van der Waals surface area (Å²) in [6.07, 6.45) is 1.06. The highest BCUT2D eigenvalue weighted by Crippen LogP contribution is 2.47. The van der Waals surface area contributed by atoms with Gasteiger partial charge in [0.05, 0.1) is 0 Å². The molecule has 26 heavy (non-hydrogen) atoms. The van der Waals surface area contributed by atoms with E-state index in [0.717, 1.165) is 11.3 Å². The normalized spacial score (nSPS) is 14.2. The second-order valence-electron chi connectivity index (χ2n) is 6.56. The molecule has 2 aromatic rings. The average Bonchev–Trinajstić information content (AvgIpc) is 3.40. The SMILES string of the molecule is CC(=O)Nc1ccc(NC(=O)C2(C(=O)Nc3ccccc3C)CC2)cc1. The van der Waals surface area contributed by atoms with Crippen LogP contribution in [-0.4, -0.2) is 17.7 Å². The molecule has 0 saturated heterocycles. The van der Waals surface area contributed by atoms with E-state index >= 15 is 0 Å². The number of carbonyl (C=O) groups is 3. The van der Waals surface area contributed by atoms with Crippen LogP contribution in [0.15, 0.2) is 48.5 Å². The molecule has 0 unspecified atom stereocenters. The molecule has 1 aliphatic rings. The van der Waals surface area contributed by atoms with Gasteiger partial charge in [-0.1, -0.05) is 18.2 Å². The van der Waals surface area contributed by atoms with E-state index in [4.69, 9.17) is 0 Å². The highest BCUT2D eigenvalue weighted by atomic mass is 16.2. The molecular formula is C20H21N3O3. The standard InChI is InChI=1S/C20H21N3O3/c1-13-5-3-4-6-17(13)23-19(26)20(11-12-20)18(25)22-16-9-7-15(8-10-16)21-14(2)24/h3-10H,11-12H2,1-2H3,(H,21,24)(H,22,25)(H,23,26). The summed E-state index contributed by atoms with van der Waals surface area (Å²) in [6, 6.07) is 14.3. The van der Waals surface area contributed by atoms with Crippen molar-refractivity contribution in [1.82, 2.24) is 0 Å². The first kappa shape index (κ1) is 17.7. The van der Waals surface area contributed by atoms with Gasteiger partial charge >= 0.3 is 0 Å². The molecule has 134 valence electrons. The Kier molecular flexibility index (Phi) is 4.75. The van der Waals surface area contributed by atoms with E-state index in [1.807, 2.05) is 31.2 Å². The number of rotatable bonds is 5. The van der Waals surface area contributed by atoms with E-state index < -0.39 is 5.41 Å². The number of benzene rings is 2. The zero-order valence-electron chi connectivity index (χ0n) is 14.8. The Hall–Kier alpha value is -3.15. The van der Waals surface area contributed by atoms with Crippen molar-refractivity contribution in [2.75, 3.05) is 16.0 Å². The van der Waals surface area contributed by atoms with Crippen molar-refractivity contribution >= 4 is 34.8 Å². The van der Waals surface area contributed by atoms with Crippen LogP contribution >= 0.6 is 0 Å². The number of hydrogen-bond acceptors (Lipinski definition) is 3. The minimum Gasteiger partial charge on any atom is -0.326 e. The van der Waals surface area contributed by atoms with Gasteiger partial charge in [0.2, 0.25) is 17.7 Å². The van der Waals surface area contributed by atoms with E-state index in [1.165, 1.54) is 6.92 Å². The Morgan fingerprint density at radius 1 is 0.808 bits per heavy atom. The average molecular weight is 351 g/mol. The second kappa shape index (κ2) is 7.00. The molecule has 0 aliphatic heterocycles. The fraction of sp³-hybridized carbons (Fsp3) is 0.250. The lowest BCUT2D eigenvalue weighted by atomic mass is 10.0. The van der Waals surface area contributed by atoms with Gasteiger partial charge in [0, 0.05) is 24.0 Å². The Morgan fingerprint density at radius 3 is 1.88 bits per heavy atom. The fourth-order valence-corrected chi connectivity index (χ4v) is 2.73. The number of hydrogen-bond donors (Lipinski definition) is 3. The Balaban J connectivity index is 1.66. The summed E-state index contributed by atoms with van der Waals surface area (Å²) in [5.41, 5.74) is 1.88. The van der Waals surface area contributed by atoms with Crippen LogP contribution in [0.25, 0.3) is 0 Å².